The lowest BCUT2D eigenvalue weighted by Crippen LogP contribution is -2.19. The van der Waals surface area contributed by atoms with Gasteiger partial charge in [0.05, 0.1) is 17.5 Å². The van der Waals surface area contributed by atoms with Crippen LogP contribution in [0, 0.1) is 13.8 Å². The number of pyridine rings is 2. The predicted octanol–water partition coefficient (Wildman–Crippen LogP) is 2.80. The minimum atomic E-state index is -3.88. The van der Waals surface area contributed by atoms with E-state index in [4.69, 9.17) is 4.74 Å². The van der Waals surface area contributed by atoms with E-state index in [9.17, 15) is 13.2 Å². The third-order valence-corrected chi connectivity index (χ3v) is 6.05. The lowest BCUT2D eigenvalue weighted by Gasteiger charge is -2.15. The Morgan fingerprint density at radius 3 is 2.60 bits per heavy atom. The van der Waals surface area contributed by atoms with Gasteiger partial charge in [-0.1, -0.05) is 5.16 Å². The molecule has 0 atom stereocenters. The zero-order chi connectivity index (χ0) is 21.5. The van der Waals surface area contributed by atoms with Crippen molar-refractivity contribution in [3.05, 3.63) is 70.3 Å². The molecule has 3 heterocycles. The monoisotopic (exact) mass is 426 g/mol. The van der Waals surface area contributed by atoms with Crippen molar-refractivity contribution in [2.75, 3.05) is 11.8 Å². The van der Waals surface area contributed by atoms with Gasteiger partial charge in [0.15, 0.2) is 5.82 Å². The molecule has 1 aromatic carbocycles. The van der Waals surface area contributed by atoms with Gasteiger partial charge >= 0.3 is 0 Å². The smallest absolute Gasteiger partial charge is 0.263 e. The summed E-state index contributed by atoms with van der Waals surface area (Å²) in [5, 5.41) is 4.11. The summed E-state index contributed by atoms with van der Waals surface area (Å²) in [6.45, 7) is 3.74. The topological polar surface area (TPSA) is 116 Å². The lowest BCUT2D eigenvalue weighted by molar-refractivity contribution is 0.394. The van der Waals surface area contributed by atoms with Crippen LogP contribution in [0.1, 0.15) is 11.3 Å². The Morgan fingerprint density at radius 2 is 1.90 bits per heavy atom. The molecular formula is C20H18N4O5S. The summed E-state index contributed by atoms with van der Waals surface area (Å²) < 4.78 is 39.1. The van der Waals surface area contributed by atoms with Crippen molar-refractivity contribution < 1.29 is 17.7 Å². The van der Waals surface area contributed by atoms with Crippen molar-refractivity contribution in [1.29, 1.82) is 0 Å². The predicted molar refractivity (Wildman–Crippen MR) is 111 cm³/mol. The number of ether oxygens (including phenoxy) is 1. The molecule has 0 aliphatic rings. The van der Waals surface area contributed by atoms with Crippen molar-refractivity contribution in [2.24, 2.45) is 0 Å². The molecule has 0 radical (unpaired) electrons. The molecule has 4 aromatic rings. The molecule has 0 spiro atoms. The Balaban J connectivity index is 1.89. The van der Waals surface area contributed by atoms with Crippen LogP contribution < -0.4 is 15.0 Å². The minimum absolute atomic E-state index is 0.0216. The van der Waals surface area contributed by atoms with Crippen molar-refractivity contribution in [2.45, 2.75) is 18.7 Å². The second-order valence-corrected chi connectivity index (χ2v) is 8.32. The zero-order valence-electron chi connectivity index (χ0n) is 16.4. The first kappa shape index (κ1) is 19.6. The zero-order valence-corrected chi connectivity index (χ0v) is 17.2. The Kier molecular flexibility index (Phi) is 4.78. The van der Waals surface area contributed by atoms with E-state index in [-0.39, 0.29) is 16.3 Å². The van der Waals surface area contributed by atoms with Crippen molar-refractivity contribution >= 4 is 26.7 Å². The van der Waals surface area contributed by atoms with Gasteiger partial charge in [-0.2, -0.15) is 0 Å². The normalized spacial score (nSPS) is 11.6. The van der Waals surface area contributed by atoms with Crippen LogP contribution >= 0.6 is 0 Å². The second kappa shape index (κ2) is 7.30. The number of benzene rings is 1. The van der Waals surface area contributed by atoms with Gasteiger partial charge < -0.3 is 9.26 Å². The van der Waals surface area contributed by atoms with E-state index >= 15 is 0 Å². The lowest BCUT2D eigenvalue weighted by atomic mass is 10.1. The Bertz CT molecular complexity index is 1410. The number of nitrogens with one attached hydrogen (secondary N) is 1. The number of hydrogen-bond donors (Lipinski definition) is 1. The van der Waals surface area contributed by atoms with E-state index in [1.165, 1.54) is 42.2 Å². The highest BCUT2D eigenvalue weighted by atomic mass is 32.2. The highest BCUT2D eigenvalue weighted by molar-refractivity contribution is 7.92. The van der Waals surface area contributed by atoms with Crippen LogP contribution in [-0.4, -0.2) is 30.2 Å². The molecule has 0 unspecified atom stereocenters. The van der Waals surface area contributed by atoms with Crippen molar-refractivity contribution in [1.82, 2.24) is 14.7 Å². The minimum Gasteiger partial charge on any atom is -0.479 e. The quantitative estimate of drug-likeness (QED) is 0.521. The molecule has 1 N–H and O–H groups in total. The third kappa shape index (κ3) is 3.41. The maximum atomic E-state index is 12.7. The second-order valence-electron chi connectivity index (χ2n) is 6.64. The fourth-order valence-corrected chi connectivity index (χ4v) is 4.11. The number of aryl methyl sites for hydroxylation is 2. The first-order valence-corrected chi connectivity index (χ1v) is 10.4. The van der Waals surface area contributed by atoms with Gasteiger partial charge in [-0.25, -0.2) is 13.4 Å². The molecule has 0 saturated carbocycles. The molecule has 0 amide bonds. The summed E-state index contributed by atoms with van der Waals surface area (Å²) in [5.74, 6) is 0.378. The molecule has 3 aromatic heterocycles. The molecule has 9 nitrogen and oxygen atoms in total. The Hall–Kier alpha value is -3.66. The molecule has 154 valence electrons. The van der Waals surface area contributed by atoms with Gasteiger partial charge in [0.1, 0.15) is 12.0 Å². The fourth-order valence-electron chi connectivity index (χ4n) is 3.08. The van der Waals surface area contributed by atoms with Crippen LogP contribution in [0.25, 0.3) is 16.6 Å². The third-order valence-electron chi connectivity index (χ3n) is 4.70. The average molecular weight is 426 g/mol. The van der Waals surface area contributed by atoms with Crippen LogP contribution in [-0.2, 0) is 10.0 Å². The van der Waals surface area contributed by atoms with E-state index in [0.717, 1.165) is 11.3 Å². The largest absolute Gasteiger partial charge is 0.479 e. The highest BCUT2D eigenvalue weighted by Crippen LogP contribution is 2.27. The van der Waals surface area contributed by atoms with Gasteiger partial charge in [0, 0.05) is 23.2 Å². The summed E-state index contributed by atoms with van der Waals surface area (Å²) in [7, 11) is -2.40. The standard InChI is InChI=1S/C20H18N4O5S/c1-12-10-17(20(28-3)21-13(12)2)24-16-6-5-15(11-14(16)4-7-19(24)25)30(26,27)23-18-8-9-29-22-18/h4-11H,1-3H3,(H,22,23). The van der Waals surface area contributed by atoms with Crippen LogP contribution in [0.2, 0.25) is 0 Å². The van der Waals surface area contributed by atoms with Crippen LogP contribution in [0.5, 0.6) is 5.88 Å². The van der Waals surface area contributed by atoms with E-state index < -0.39 is 10.0 Å². The number of rotatable bonds is 5. The fraction of sp³-hybridized carbons (Fsp3) is 0.150. The van der Waals surface area contributed by atoms with Crippen LogP contribution in [0.3, 0.4) is 0 Å². The number of methoxy groups -OCH3 is 1. The van der Waals surface area contributed by atoms with E-state index in [2.05, 4.69) is 19.4 Å². The van der Waals surface area contributed by atoms with Crippen LogP contribution in [0.4, 0.5) is 5.82 Å². The van der Waals surface area contributed by atoms with Gasteiger partial charge in [0.25, 0.3) is 15.6 Å². The molecule has 0 bridgehead atoms. The van der Waals surface area contributed by atoms with E-state index in [0.29, 0.717) is 22.5 Å². The van der Waals surface area contributed by atoms with E-state index in [1.54, 1.807) is 12.1 Å². The van der Waals surface area contributed by atoms with Gasteiger partial charge in [-0.15, -0.1) is 0 Å². The molecule has 0 fully saturated rings. The van der Waals surface area contributed by atoms with Gasteiger partial charge in [-0.3, -0.25) is 14.1 Å². The highest BCUT2D eigenvalue weighted by Gasteiger charge is 2.19. The summed E-state index contributed by atoms with van der Waals surface area (Å²) in [4.78, 5) is 17.2. The first-order valence-electron chi connectivity index (χ1n) is 8.92. The van der Waals surface area contributed by atoms with Gasteiger partial charge in [0.2, 0.25) is 5.88 Å². The maximum Gasteiger partial charge on any atom is 0.263 e. The molecular weight excluding hydrogens is 408 g/mol. The average Bonchev–Trinajstić information content (AvgIpc) is 3.21. The number of nitrogens with zero attached hydrogens (tertiary/aromatic N) is 3. The number of hydrogen-bond acceptors (Lipinski definition) is 7. The molecule has 4 rings (SSSR count). The van der Waals surface area contributed by atoms with Crippen molar-refractivity contribution in [3.63, 3.8) is 0 Å². The Morgan fingerprint density at radius 1 is 1.10 bits per heavy atom. The Labute approximate surface area is 172 Å². The number of anilines is 1. The maximum absolute atomic E-state index is 12.7. The summed E-state index contributed by atoms with van der Waals surface area (Å²) >= 11 is 0. The molecule has 30 heavy (non-hydrogen) atoms. The summed E-state index contributed by atoms with van der Waals surface area (Å²) in [6, 6.07) is 10.6. The van der Waals surface area contributed by atoms with Gasteiger partial charge in [-0.05, 0) is 49.7 Å². The van der Waals surface area contributed by atoms with Crippen molar-refractivity contribution in [3.8, 4) is 11.6 Å². The number of aromatic nitrogens is 3. The molecule has 10 heteroatoms. The SMILES string of the molecule is COc1nc(C)c(C)cc1-n1c(=O)ccc2cc(S(=O)(=O)Nc3ccon3)ccc21. The summed E-state index contributed by atoms with van der Waals surface area (Å²) in [5.41, 5.74) is 2.39. The molecule has 0 saturated heterocycles. The molecule has 0 aliphatic heterocycles. The van der Waals surface area contributed by atoms with E-state index in [1.807, 2.05) is 19.9 Å². The summed E-state index contributed by atoms with van der Waals surface area (Å²) in [6.07, 6.45) is 1.27. The number of sulfonamides is 1. The number of fused-ring (bicyclic) bond motifs is 1. The first-order chi connectivity index (χ1) is 14.3. The van der Waals surface area contributed by atoms with Crippen LogP contribution in [0.15, 0.2) is 62.9 Å². The molecule has 0 aliphatic carbocycles.